The van der Waals surface area contributed by atoms with Gasteiger partial charge in [-0.15, -0.1) is 0 Å². The standard InChI is InChI=1S/C14H16FN3/c1-10(2)16-9-12-11(5-3-6-13(12)15)14-7-4-8-17-18-14/h3-8,10,16H,9H2,1-2H3. The Bertz CT molecular complexity index is 512. The quantitative estimate of drug-likeness (QED) is 0.900. The Hall–Kier alpha value is -1.81. The van der Waals surface area contributed by atoms with Crippen molar-refractivity contribution < 1.29 is 4.39 Å². The van der Waals surface area contributed by atoms with E-state index in [1.165, 1.54) is 6.07 Å². The maximum Gasteiger partial charge on any atom is 0.128 e. The molecule has 0 aliphatic carbocycles. The first-order chi connectivity index (χ1) is 8.68. The van der Waals surface area contributed by atoms with Crippen molar-refractivity contribution in [2.24, 2.45) is 0 Å². The second-order valence-corrected chi connectivity index (χ2v) is 4.41. The van der Waals surface area contributed by atoms with Crippen LogP contribution in [-0.2, 0) is 6.54 Å². The van der Waals surface area contributed by atoms with Gasteiger partial charge in [-0.05, 0) is 18.2 Å². The molecule has 0 spiro atoms. The van der Waals surface area contributed by atoms with E-state index < -0.39 is 0 Å². The van der Waals surface area contributed by atoms with Crippen LogP contribution in [0, 0.1) is 5.82 Å². The molecule has 0 saturated carbocycles. The normalized spacial score (nSPS) is 10.9. The van der Waals surface area contributed by atoms with Crippen LogP contribution in [0.15, 0.2) is 36.5 Å². The van der Waals surface area contributed by atoms with E-state index in [-0.39, 0.29) is 5.82 Å². The number of rotatable bonds is 4. The molecule has 2 rings (SSSR count). The number of nitrogens with zero attached hydrogens (tertiary/aromatic N) is 2. The molecule has 3 nitrogen and oxygen atoms in total. The van der Waals surface area contributed by atoms with Crippen LogP contribution in [0.4, 0.5) is 4.39 Å². The predicted octanol–water partition coefficient (Wildman–Crippen LogP) is 2.78. The fourth-order valence-electron chi connectivity index (χ4n) is 1.73. The highest BCUT2D eigenvalue weighted by molar-refractivity contribution is 5.63. The minimum atomic E-state index is -0.216. The Kier molecular flexibility index (Phi) is 3.99. The van der Waals surface area contributed by atoms with E-state index in [1.807, 2.05) is 26.0 Å². The highest BCUT2D eigenvalue weighted by atomic mass is 19.1. The molecular weight excluding hydrogens is 229 g/mol. The van der Waals surface area contributed by atoms with E-state index in [0.717, 1.165) is 5.56 Å². The van der Waals surface area contributed by atoms with Crippen LogP contribution >= 0.6 is 0 Å². The predicted molar refractivity (Wildman–Crippen MR) is 69.4 cm³/mol. The van der Waals surface area contributed by atoms with Crippen LogP contribution in [0.3, 0.4) is 0 Å². The second kappa shape index (κ2) is 5.69. The minimum Gasteiger partial charge on any atom is -0.310 e. The molecule has 0 unspecified atom stereocenters. The molecule has 0 radical (unpaired) electrons. The van der Waals surface area contributed by atoms with Gasteiger partial charge in [0.2, 0.25) is 0 Å². The lowest BCUT2D eigenvalue weighted by atomic mass is 10.0. The van der Waals surface area contributed by atoms with Crippen molar-refractivity contribution in [1.82, 2.24) is 15.5 Å². The molecule has 0 fully saturated rings. The fourth-order valence-corrected chi connectivity index (χ4v) is 1.73. The summed E-state index contributed by atoms with van der Waals surface area (Å²) in [6, 6.07) is 8.97. The molecule has 0 bridgehead atoms. The summed E-state index contributed by atoms with van der Waals surface area (Å²) >= 11 is 0. The summed E-state index contributed by atoms with van der Waals surface area (Å²) in [5.41, 5.74) is 2.11. The zero-order valence-corrected chi connectivity index (χ0v) is 10.5. The average Bonchev–Trinajstić information content (AvgIpc) is 2.38. The molecular formula is C14H16FN3. The van der Waals surface area contributed by atoms with Gasteiger partial charge in [-0.2, -0.15) is 10.2 Å². The zero-order chi connectivity index (χ0) is 13.0. The van der Waals surface area contributed by atoms with Crippen LogP contribution in [0.25, 0.3) is 11.3 Å². The van der Waals surface area contributed by atoms with Gasteiger partial charge in [-0.25, -0.2) is 4.39 Å². The first-order valence-corrected chi connectivity index (χ1v) is 5.97. The van der Waals surface area contributed by atoms with Crippen molar-refractivity contribution in [1.29, 1.82) is 0 Å². The number of benzene rings is 1. The summed E-state index contributed by atoms with van der Waals surface area (Å²) < 4.78 is 13.9. The first-order valence-electron chi connectivity index (χ1n) is 5.97. The molecule has 4 heteroatoms. The van der Waals surface area contributed by atoms with Gasteiger partial charge in [0.25, 0.3) is 0 Å². The molecule has 94 valence electrons. The molecule has 1 heterocycles. The van der Waals surface area contributed by atoms with E-state index in [9.17, 15) is 4.39 Å². The van der Waals surface area contributed by atoms with Gasteiger partial charge < -0.3 is 5.32 Å². The molecule has 0 saturated heterocycles. The molecule has 1 N–H and O–H groups in total. The van der Waals surface area contributed by atoms with Crippen molar-refractivity contribution in [2.75, 3.05) is 0 Å². The van der Waals surface area contributed by atoms with Crippen molar-refractivity contribution in [2.45, 2.75) is 26.4 Å². The van der Waals surface area contributed by atoms with Crippen molar-refractivity contribution in [3.63, 3.8) is 0 Å². The minimum absolute atomic E-state index is 0.216. The number of halogens is 1. The fraction of sp³-hybridized carbons (Fsp3) is 0.286. The van der Waals surface area contributed by atoms with Crippen LogP contribution < -0.4 is 5.32 Å². The molecule has 0 atom stereocenters. The van der Waals surface area contributed by atoms with E-state index in [0.29, 0.717) is 23.8 Å². The lowest BCUT2D eigenvalue weighted by Crippen LogP contribution is -2.23. The van der Waals surface area contributed by atoms with Gasteiger partial charge in [0.15, 0.2) is 0 Å². The molecule has 1 aromatic heterocycles. The zero-order valence-electron chi connectivity index (χ0n) is 10.5. The lowest BCUT2D eigenvalue weighted by Gasteiger charge is -2.12. The third kappa shape index (κ3) is 2.90. The number of hydrogen-bond acceptors (Lipinski definition) is 3. The summed E-state index contributed by atoms with van der Waals surface area (Å²) in [7, 11) is 0. The first kappa shape index (κ1) is 12.6. The van der Waals surface area contributed by atoms with Crippen molar-refractivity contribution in [3.05, 3.63) is 47.9 Å². The number of hydrogen-bond donors (Lipinski definition) is 1. The topological polar surface area (TPSA) is 37.8 Å². The van der Waals surface area contributed by atoms with Gasteiger partial charge in [-0.1, -0.05) is 26.0 Å². The molecule has 1 aromatic carbocycles. The Labute approximate surface area is 106 Å². The molecule has 2 aromatic rings. The van der Waals surface area contributed by atoms with Crippen LogP contribution in [0.5, 0.6) is 0 Å². The average molecular weight is 245 g/mol. The smallest absolute Gasteiger partial charge is 0.128 e. The number of aromatic nitrogens is 2. The Balaban J connectivity index is 2.38. The SMILES string of the molecule is CC(C)NCc1c(F)cccc1-c1cccnn1. The summed E-state index contributed by atoms with van der Waals surface area (Å²) in [5, 5.41) is 11.1. The highest BCUT2D eigenvalue weighted by Crippen LogP contribution is 2.23. The molecule has 0 aliphatic heterocycles. The summed E-state index contributed by atoms with van der Waals surface area (Å²) in [6.07, 6.45) is 1.61. The maximum absolute atomic E-state index is 13.9. The van der Waals surface area contributed by atoms with Gasteiger partial charge in [0.1, 0.15) is 5.82 Å². The van der Waals surface area contributed by atoms with Gasteiger partial charge in [0.05, 0.1) is 5.69 Å². The van der Waals surface area contributed by atoms with E-state index in [4.69, 9.17) is 0 Å². The summed E-state index contributed by atoms with van der Waals surface area (Å²) in [6.45, 7) is 4.54. The van der Waals surface area contributed by atoms with Crippen LogP contribution in [0.2, 0.25) is 0 Å². The second-order valence-electron chi connectivity index (χ2n) is 4.41. The van der Waals surface area contributed by atoms with E-state index >= 15 is 0 Å². The third-order valence-electron chi connectivity index (χ3n) is 2.65. The lowest BCUT2D eigenvalue weighted by molar-refractivity contribution is 0.554. The Morgan fingerprint density at radius 3 is 2.72 bits per heavy atom. The highest BCUT2D eigenvalue weighted by Gasteiger charge is 2.11. The van der Waals surface area contributed by atoms with Gasteiger partial charge in [-0.3, -0.25) is 0 Å². The summed E-state index contributed by atoms with van der Waals surface area (Å²) in [4.78, 5) is 0. The largest absolute Gasteiger partial charge is 0.310 e. The maximum atomic E-state index is 13.9. The van der Waals surface area contributed by atoms with Gasteiger partial charge >= 0.3 is 0 Å². The van der Waals surface area contributed by atoms with E-state index in [2.05, 4.69) is 15.5 Å². The molecule has 0 aliphatic rings. The number of nitrogens with one attached hydrogen (secondary N) is 1. The van der Waals surface area contributed by atoms with Crippen LogP contribution in [0.1, 0.15) is 19.4 Å². The van der Waals surface area contributed by atoms with Crippen LogP contribution in [-0.4, -0.2) is 16.2 Å². The van der Waals surface area contributed by atoms with Gasteiger partial charge in [0, 0.05) is 29.9 Å². The Morgan fingerprint density at radius 2 is 2.06 bits per heavy atom. The molecule has 0 amide bonds. The van der Waals surface area contributed by atoms with E-state index in [1.54, 1.807) is 18.3 Å². The molecule has 18 heavy (non-hydrogen) atoms. The summed E-state index contributed by atoms with van der Waals surface area (Å²) in [5.74, 6) is -0.216. The monoisotopic (exact) mass is 245 g/mol. The Morgan fingerprint density at radius 1 is 1.22 bits per heavy atom. The third-order valence-corrected chi connectivity index (χ3v) is 2.65. The van der Waals surface area contributed by atoms with Crippen molar-refractivity contribution in [3.8, 4) is 11.3 Å². The van der Waals surface area contributed by atoms with Crippen molar-refractivity contribution >= 4 is 0 Å².